The fourth-order valence-electron chi connectivity index (χ4n) is 2.93. The Morgan fingerprint density at radius 2 is 1.38 bits per heavy atom. The zero-order valence-electron chi connectivity index (χ0n) is 15.9. The lowest BCUT2D eigenvalue weighted by atomic mass is 10.0. The zero-order chi connectivity index (χ0) is 19.8. The molecule has 0 saturated heterocycles. The summed E-state index contributed by atoms with van der Waals surface area (Å²) in [5.41, 5.74) is 0. The van der Waals surface area contributed by atoms with Crippen molar-refractivity contribution in [2.75, 3.05) is 0 Å². The Morgan fingerprint density at radius 3 is 1.88 bits per heavy atom. The van der Waals surface area contributed by atoms with E-state index in [4.69, 9.17) is 9.66 Å². The molecule has 0 radical (unpaired) electrons. The second kappa shape index (κ2) is 15.4. The summed E-state index contributed by atoms with van der Waals surface area (Å²) in [7, 11) is -4.56. The first-order valence-electron chi connectivity index (χ1n) is 9.80. The minimum Gasteiger partial charge on any atom is -0.481 e. The van der Waals surface area contributed by atoms with Crippen molar-refractivity contribution in [2.45, 2.75) is 109 Å². The van der Waals surface area contributed by atoms with Gasteiger partial charge in [0.05, 0.1) is 12.2 Å². The van der Waals surface area contributed by atoms with Crippen LogP contribution in [0.25, 0.3) is 0 Å². The standard InChI is InChI=1S/C18H36O7S/c1-2-3-4-8-11-16(19)12-9-6-5-7-10-13-17(14-15-18(20)21)25-26(22,23)24/h16-17,19H,2-15H2,1H3,(H,20,21)(H,22,23,24). The van der Waals surface area contributed by atoms with Gasteiger partial charge in [-0.15, -0.1) is 0 Å². The Balaban J connectivity index is 3.75. The van der Waals surface area contributed by atoms with Crippen LogP contribution in [0.3, 0.4) is 0 Å². The van der Waals surface area contributed by atoms with Crippen LogP contribution in [-0.4, -0.2) is 41.4 Å². The Labute approximate surface area is 158 Å². The van der Waals surface area contributed by atoms with Crippen LogP contribution in [0.15, 0.2) is 0 Å². The third-order valence-corrected chi connectivity index (χ3v) is 4.91. The first-order chi connectivity index (χ1) is 12.2. The van der Waals surface area contributed by atoms with Crippen LogP contribution in [0.5, 0.6) is 0 Å². The lowest BCUT2D eigenvalue weighted by Crippen LogP contribution is -2.19. The summed E-state index contributed by atoms with van der Waals surface area (Å²) in [5.74, 6) is -1.03. The Hall–Kier alpha value is -0.700. The number of aliphatic carboxylic acids is 1. The van der Waals surface area contributed by atoms with E-state index in [-0.39, 0.29) is 18.9 Å². The third kappa shape index (κ3) is 18.1. The lowest BCUT2D eigenvalue weighted by Gasteiger charge is -2.14. The number of rotatable bonds is 18. The van der Waals surface area contributed by atoms with E-state index in [1.807, 2.05) is 0 Å². The number of hydrogen-bond donors (Lipinski definition) is 3. The fraction of sp³-hybridized carbons (Fsp3) is 0.944. The van der Waals surface area contributed by atoms with E-state index in [0.717, 1.165) is 44.9 Å². The van der Waals surface area contributed by atoms with E-state index < -0.39 is 22.5 Å². The quantitative estimate of drug-likeness (QED) is 0.235. The molecule has 0 fully saturated rings. The molecule has 0 aliphatic rings. The first kappa shape index (κ1) is 25.3. The molecule has 0 aromatic heterocycles. The van der Waals surface area contributed by atoms with Crippen LogP contribution in [0.1, 0.15) is 96.8 Å². The van der Waals surface area contributed by atoms with E-state index in [2.05, 4.69) is 11.1 Å². The van der Waals surface area contributed by atoms with Crippen LogP contribution < -0.4 is 0 Å². The second-order valence-electron chi connectivity index (χ2n) is 6.93. The van der Waals surface area contributed by atoms with Crippen LogP contribution in [0.4, 0.5) is 0 Å². The zero-order valence-corrected chi connectivity index (χ0v) is 16.8. The second-order valence-corrected chi connectivity index (χ2v) is 7.97. The fourth-order valence-corrected chi connectivity index (χ4v) is 3.47. The summed E-state index contributed by atoms with van der Waals surface area (Å²) < 4.78 is 34.9. The molecule has 0 saturated carbocycles. The number of hydrogen-bond acceptors (Lipinski definition) is 5. The molecular formula is C18H36O7S. The molecule has 8 heteroatoms. The summed E-state index contributed by atoms with van der Waals surface area (Å²) in [6.45, 7) is 2.17. The number of carboxylic acids is 1. The molecule has 0 amide bonds. The molecule has 7 nitrogen and oxygen atoms in total. The van der Waals surface area contributed by atoms with E-state index in [0.29, 0.717) is 12.8 Å². The maximum atomic E-state index is 10.8. The molecule has 0 spiro atoms. The normalized spacial score (nSPS) is 14.3. The monoisotopic (exact) mass is 396 g/mol. The van der Waals surface area contributed by atoms with Gasteiger partial charge in [-0.1, -0.05) is 64.7 Å². The van der Waals surface area contributed by atoms with E-state index in [1.54, 1.807) is 0 Å². The van der Waals surface area contributed by atoms with E-state index in [1.165, 1.54) is 19.3 Å². The summed E-state index contributed by atoms with van der Waals surface area (Å²) in [6.07, 6.45) is 10.2. The number of carboxylic acid groups (broad SMARTS) is 1. The smallest absolute Gasteiger partial charge is 0.397 e. The molecule has 0 bridgehead atoms. The van der Waals surface area contributed by atoms with Crippen molar-refractivity contribution in [2.24, 2.45) is 0 Å². The average molecular weight is 397 g/mol. The number of carbonyl (C=O) groups is 1. The number of aliphatic hydroxyl groups excluding tert-OH is 1. The van der Waals surface area contributed by atoms with Crippen molar-refractivity contribution in [3.63, 3.8) is 0 Å². The molecule has 26 heavy (non-hydrogen) atoms. The molecule has 3 N–H and O–H groups in total. The summed E-state index contributed by atoms with van der Waals surface area (Å²) >= 11 is 0. The van der Waals surface area contributed by atoms with Crippen molar-refractivity contribution in [3.05, 3.63) is 0 Å². The van der Waals surface area contributed by atoms with E-state index in [9.17, 15) is 18.3 Å². The molecule has 0 aromatic carbocycles. The van der Waals surface area contributed by atoms with Gasteiger partial charge in [-0.05, 0) is 25.7 Å². The minimum atomic E-state index is -4.56. The molecule has 0 rings (SSSR count). The molecule has 2 atom stereocenters. The van der Waals surface area contributed by atoms with Gasteiger partial charge in [-0.25, -0.2) is 4.18 Å². The van der Waals surface area contributed by atoms with Crippen molar-refractivity contribution in [1.29, 1.82) is 0 Å². The van der Waals surface area contributed by atoms with Crippen LogP contribution >= 0.6 is 0 Å². The van der Waals surface area contributed by atoms with Gasteiger partial charge in [0.25, 0.3) is 0 Å². The van der Waals surface area contributed by atoms with Gasteiger partial charge in [-0.3, -0.25) is 9.35 Å². The summed E-state index contributed by atoms with van der Waals surface area (Å²) in [4.78, 5) is 10.6. The van der Waals surface area contributed by atoms with Gasteiger partial charge < -0.3 is 10.2 Å². The highest BCUT2D eigenvalue weighted by molar-refractivity contribution is 7.80. The molecule has 0 aromatic rings. The maximum Gasteiger partial charge on any atom is 0.397 e. The Kier molecular flexibility index (Phi) is 15.0. The van der Waals surface area contributed by atoms with Gasteiger partial charge in [0.1, 0.15) is 0 Å². The summed E-state index contributed by atoms with van der Waals surface area (Å²) in [5, 5.41) is 18.6. The topological polar surface area (TPSA) is 121 Å². The SMILES string of the molecule is CCCCCCC(O)CCCCCCCC(CCC(=O)O)OS(=O)(=O)O. The number of unbranched alkanes of at least 4 members (excludes halogenated alkanes) is 7. The predicted octanol–water partition coefficient (Wildman–Crippen LogP) is 4.10. The number of aliphatic hydroxyl groups is 1. The molecule has 2 unspecified atom stereocenters. The molecule has 0 aliphatic carbocycles. The van der Waals surface area contributed by atoms with Gasteiger partial charge in [-0.2, -0.15) is 8.42 Å². The van der Waals surface area contributed by atoms with Gasteiger partial charge in [0, 0.05) is 6.42 Å². The minimum absolute atomic E-state index is 0.0549. The highest BCUT2D eigenvalue weighted by Gasteiger charge is 2.18. The Morgan fingerprint density at radius 1 is 0.885 bits per heavy atom. The van der Waals surface area contributed by atoms with Crippen molar-refractivity contribution < 1.29 is 32.2 Å². The van der Waals surface area contributed by atoms with Crippen LogP contribution in [0.2, 0.25) is 0 Å². The predicted molar refractivity (Wildman–Crippen MR) is 100 cm³/mol. The van der Waals surface area contributed by atoms with Gasteiger partial charge in [0.2, 0.25) is 0 Å². The Bertz CT molecular complexity index is 450. The third-order valence-electron chi connectivity index (χ3n) is 4.39. The molecule has 0 heterocycles. The average Bonchev–Trinajstić information content (AvgIpc) is 2.54. The molecule has 0 aliphatic heterocycles. The van der Waals surface area contributed by atoms with Crippen LogP contribution in [-0.2, 0) is 19.4 Å². The van der Waals surface area contributed by atoms with Gasteiger partial charge in [0.15, 0.2) is 0 Å². The largest absolute Gasteiger partial charge is 0.481 e. The van der Waals surface area contributed by atoms with Crippen molar-refractivity contribution >= 4 is 16.4 Å². The van der Waals surface area contributed by atoms with Crippen molar-refractivity contribution in [1.82, 2.24) is 0 Å². The van der Waals surface area contributed by atoms with Gasteiger partial charge >= 0.3 is 16.4 Å². The highest BCUT2D eigenvalue weighted by Crippen LogP contribution is 2.17. The highest BCUT2D eigenvalue weighted by atomic mass is 32.3. The maximum absolute atomic E-state index is 10.8. The molecule has 156 valence electrons. The van der Waals surface area contributed by atoms with Crippen molar-refractivity contribution in [3.8, 4) is 0 Å². The lowest BCUT2D eigenvalue weighted by molar-refractivity contribution is -0.137. The molecular weight excluding hydrogens is 360 g/mol. The van der Waals surface area contributed by atoms with E-state index >= 15 is 0 Å². The van der Waals surface area contributed by atoms with Crippen LogP contribution in [0, 0.1) is 0 Å². The first-order valence-corrected chi connectivity index (χ1v) is 11.2. The summed E-state index contributed by atoms with van der Waals surface area (Å²) in [6, 6.07) is 0.